The van der Waals surface area contributed by atoms with E-state index in [-0.39, 0.29) is 30.3 Å². The van der Waals surface area contributed by atoms with Crippen LogP contribution in [0.4, 0.5) is 0 Å². The third kappa shape index (κ3) is 3.70. The summed E-state index contributed by atoms with van der Waals surface area (Å²) in [6.07, 6.45) is 4.86. The summed E-state index contributed by atoms with van der Waals surface area (Å²) in [5.41, 5.74) is 6.14. The molecule has 1 aliphatic heterocycles. The zero-order chi connectivity index (χ0) is 14.5. The average Bonchev–Trinajstić information content (AvgIpc) is 2.62. The van der Waals surface area contributed by atoms with Gasteiger partial charge in [0.15, 0.2) is 0 Å². The topological polar surface area (TPSA) is 92.9 Å². The van der Waals surface area contributed by atoms with E-state index in [1.165, 1.54) is 0 Å². The van der Waals surface area contributed by atoms with Gasteiger partial charge in [0, 0.05) is 12.6 Å². The minimum atomic E-state index is -0.900. The van der Waals surface area contributed by atoms with E-state index in [0.29, 0.717) is 19.8 Å². The molecule has 2 aliphatic rings. The summed E-state index contributed by atoms with van der Waals surface area (Å²) < 4.78 is 5.31. The van der Waals surface area contributed by atoms with Gasteiger partial charge >= 0.3 is 5.97 Å². The van der Waals surface area contributed by atoms with Crippen molar-refractivity contribution in [3.05, 3.63) is 0 Å². The molecule has 0 aromatic carbocycles. The van der Waals surface area contributed by atoms with Crippen LogP contribution in [-0.2, 0) is 14.3 Å². The summed E-state index contributed by atoms with van der Waals surface area (Å²) in [7, 11) is 0. The Balaban J connectivity index is 2.05. The number of aliphatic carboxylic acids is 1. The van der Waals surface area contributed by atoms with Gasteiger partial charge in [-0.3, -0.25) is 9.59 Å². The van der Waals surface area contributed by atoms with E-state index in [1.54, 1.807) is 4.90 Å². The van der Waals surface area contributed by atoms with Gasteiger partial charge in [-0.25, -0.2) is 0 Å². The van der Waals surface area contributed by atoms with E-state index in [9.17, 15) is 9.59 Å². The Bertz CT molecular complexity index is 361. The van der Waals surface area contributed by atoms with Gasteiger partial charge in [0.1, 0.15) is 0 Å². The van der Waals surface area contributed by atoms with Crippen LogP contribution >= 0.6 is 0 Å². The van der Waals surface area contributed by atoms with Gasteiger partial charge in [0.05, 0.1) is 31.6 Å². The summed E-state index contributed by atoms with van der Waals surface area (Å²) in [4.78, 5) is 25.3. The number of carbonyl (C=O) groups is 2. The molecule has 0 radical (unpaired) electrons. The fourth-order valence-electron chi connectivity index (χ4n) is 3.17. The van der Waals surface area contributed by atoms with Gasteiger partial charge in [-0.15, -0.1) is 0 Å². The largest absolute Gasteiger partial charge is 0.481 e. The van der Waals surface area contributed by atoms with Gasteiger partial charge in [0.25, 0.3) is 0 Å². The lowest BCUT2D eigenvalue weighted by molar-refractivity contribution is -0.149. The molecule has 1 heterocycles. The fraction of sp³-hybridized carbons (Fsp3) is 0.857. The Hall–Kier alpha value is -1.14. The van der Waals surface area contributed by atoms with Crippen LogP contribution in [0.5, 0.6) is 0 Å². The quantitative estimate of drug-likeness (QED) is 0.740. The highest BCUT2D eigenvalue weighted by molar-refractivity contribution is 5.81. The zero-order valence-corrected chi connectivity index (χ0v) is 11.8. The van der Waals surface area contributed by atoms with Crippen LogP contribution in [0.25, 0.3) is 0 Å². The number of nitrogens with two attached hydrogens (primary N) is 1. The van der Waals surface area contributed by atoms with Crippen molar-refractivity contribution >= 4 is 11.9 Å². The molecule has 2 fully saturated rings. The molecule has 1 saturated heterocycles. The molecule has 1 amide bonds. The van der Waals surface area contributed by atoms with E-state index >= 15 is 0 Å². The molecule has 2 rings (SSSR count). The molecule has 1 aliphatic carbocycles. The van der Waals surface area contributed by atoms with Crippen molar-refractivity contribution in [1.82, 2.24) is 4.90 Å². The smallest absolute Gasteiger partial charge is 0.305 e. The molecule has 0 spiro atoms. The number of hydrogen-bond donors (Lipinski definition) is 2. The van der Waals surface area contributed by atoms with Crippen LogP contribution in [0.2, 0.25) is 0 Å². The highest BCUT2D eigenvalue weighted by Gasteiger charge is 2.36. The lowest BCUT2D eigenvalue weighted by atomic mass is 9.93. The van der Waals surface area contributed by atoms with Crippen molar-refractivity contribution in [2.75, 3.05) is 19.8 Å². The van der Waals surface area contributed by atoms with Crippen molar-refractivity contribution < 1.29 is 19.4 Å². The first kappa shape index (κ1) is 15.3. The van der Waals surface area contributed by atoms with Gasteiger partial charge in [0.2, 0.25) is 5.91 Å². The maximum absolute atomic E-state index is 12.7. The lowest BCUT2D eigenvalue weighted by Crippen LogP contribution is -2.53. The number of morpholine rings is 1. The summed E-state index contributed by atoms with van der Waals surface area (Å²) in [5.74, 6) is -1.04. The Morgan fingerprint density at radius 1 is 1.25 bits per heavy atom. The number of carboxylic acid groups (broad SMARTS) is 1. The van der Waals surface area contributed by atoms with Crippen molar-refractivity contribution in [2.24, 2.45) is 11.7 Å². The molecule has 114 valence electrons. The molecule has 6 nitrogen and oxygen atoms in total. The second kappa shape index (κ2) is 7.04. The van der Waals surface area contributed by atoms with Gasteiger partial charge in [-0.1, -0.05) is 19.3 Å². The first-order chi connectivity index (χ1) is 9.59. The first-order valence-electron chi connectivity index (χ1n) is 7.45. The monoisotopic (exact) mass is 284 g/mol. The number of nitrogens with zero attached hydrogens (tertiary/aromatic N) is 1. The van der Waals surface area contributed by atoms with Crippen LogP contribution in [-0.4, -0.2) is 53.7 Å². The van der Waals surface area contributed by atoms with Crippen molar-refractivity contribution in [3.63, 3.8) is 0 Å². The van der Waals surface area contributed by atoms with Crippen molar-refractivity contribution in [3.8, 4) is 0 Å². The second-order valence-electron chi connectivity index (χ2n) is 5.77. The van der Waals surface area contributed by atoms with E-state index in [2.05, 4.69) is 0 Å². The summed E-state index contributed by atoms with van der Waals surface area (Å²) in [6.45, 7) is 1.25. The molecule has 20 heavy (non-hydrogen) atoms. The standard InChI is InChI=1S/C14H24N2O4/c15-12-5-3-1-2-4-11(12)14(19)16-6-7-20-9-10(16)8-13(17)18/h10-12H,1-9,15H2,(H,17,18). The Morgan fingerprint density at radius 3 is 2.75 bits per heavy atom. The summed E-state index contributed by atoms with van der Waals surface area (Å²) in [6, 6.07) is -0.456. The molecule has 3 N–H and O–H groups in total. The number of carbonyl (C=O) groups excluding carboxylic acids is 1. The van der Waals surface area contributed by atoms with Gasteiger partial charge in [-0.05, 0) is 12.8 Å². The highest BCUT2D eigenvalue weighted by atomic mass is 16.5. The average molecular weight is 284 g/mol. The maximum Gasteiger partial charge on any atom is 0.305 e. The Kier molecular flexibility index (Phi) is 5.37. The minimum Gasteiger partial charge on any atom is -0.481 e. The van der Waals surface area contributed by atoms with Crippen LogP contribution in [0.3, 0.4) is 0 Å². The van der Waals surface area contributed by atoms with Crippen LogP contribution in [0.1, 0.15) is 38.5 Å². The molecule has 6 heteroatoms. The van der Waals surface area contributed by atoms with Crippen LogP contribution < -0.4 is 5.73 Å². The molecule has 3 atom stereocenters. The summed E-state index contributed by atoms with van der Waals surface area (Å²) >= 11 is 0. The lowest BCUT2D eigenvalue weighted by Gasteiger charge is -2.38. The molecule has 0 aromatic rings. The Morgan fingerprint density at radius 2 is 2.00 bits per heavy atom. The van der Waals surface area contributed by atoms with Gasteiger partial charge < -0.3 is 20.5 Å². The number of carboxylic acids is 1. The fourth-order valence-corrected chi connectivity index (χ4v) is 3.17. The number of ether oxygens (including phenoxy) is 1. The first-order valence-corrected chi connectivity index (χ1v) is 7.45. The van der Waals surface area contributed by atoms with Crippen molar-refractivity contribution in [1.29, 1.82) is 0 Å². The molecule has 0 aromatic heterocycles. The molecular weight excluding hydrogens is 260 g/mol. The third-order valence-corrected chi connectivity index (χ3v) is 4.31. The van der Waals surface area contributed by atoms with Crippen molar-refractivity contribution in [2.45, 2.75) is 50.6 Å². The number of rotatable bonds is 3. The van der Waals surface area contributed by atoms with E-state index in [0.717, 1.165) is 32.1 Å². The van der Waals surface area contributed by atoms with Crippen LogP contribution in [0, 0.1) is 5.92 Å². The third-order valence-electron chi connectivity index (χ3n) is 4.31. The predicted octanol–water partition coefficient (Wildman–Crippen LogP) is 0.596. The predicted molar refractivity (Wildman–Crippen MR) is 73.1 cm³/mol. The highest BCUT2D eigenvalue weighted by Crippen LogP contribution is 2.26. The van der Waals surface area contributed by atoms with E-state index < -0.39 is 5.97 Å². The molecular formula is C14H24N2O4. The van der Waals surface area contributed by atoms with Gasteiger partial charge in [-0.2, -0.15) is 0 Å². The van der Waals surface area contributed by atoms with E-state index in [4.69, 9.17) is 15.6 Å². The normalized spacial score (nSPS) is 31.6. The maximum atomic E-state index is 12.7. The number of hydrogen-bond acceptors (Lipinski definition) is 4. The molecule has 3 unspecified atom stereocenters. The second-order valence-corrected chi connectivity index (χ2v) is 5.77. The number of amides is 1. The Labute approximate surface area is 119 Å². The van der Waals surface area contributed by atoms with Crippen LogP contribution in [0.15, 0.2) is 0 Å². The zero-order valence-electron chi connectivity index (χ0n) is 11.8. The molecule has 1 saturated carbocycles. The minimum absolute atomic E-state index is 0.0222. The summed E-state index contributed by atoms with van der Waals surface area (Å²) in [5, 5.41) is 8.95. The van der Waals surface area contributed by atoms with E-state index in [1.807, 2.05) is 0 Å². The SMILES string of the molecule is NC1CCCCCC1C(=O)N1CCOCC1CC(=O)O. The molecule has 0 bridgehead atoms.